The summed E-state index contributed by atoms with van der Waals surface area (Å²) in [6.07, 6.45) is 0. The van der Waals surface area contributed by atoms with Crippen molar-refractivity contribution < 1.29 is 5.11 Å². The molecule has 20 heavy (non-hydrogen) atoms. The summed E-state index contributed by atoms with van der Waals surface area (Å²) in [6.45, 7) is 1.95. The number of H-pyrrole nitrogens is 1. The third-order valence-electron chi connectivity index (χ3n) is 3.25. The van der Waals surface area contributed by atoms with Gasteiger partial charge in [-0.15, -0.1) is 0 Å². The Balaban J connectivity index is 2.13. The molecule has 5 nitrogen and oxygen atoms in total. The van der Waals surface area contributed by atoms with Gasteiger partial charge in [0.15, 0.2) is 5.65 Å². The molecule has 0 aliphatic carbocycles. The summed E-state index contributed by atoms with van der Waals surface area (Å²) in [5.41, 5.74) is 3.53. The standard InChI is InChI=1S/C15H16N4O/c1-9-8-10(20)4-5-11(9)14-16-12-6-7-13(19(2)3)17-15(12)18-14/h4-8,20H,1-3H3,(H,16,17,18). The van der Waals surface area contributed by atoms with E-state index < -0.39 is 0 Å². The topological polar surface area (TPSA) is 65.0 Å². The maximum atomic E-state index is 9.47. The summed E-state index contributed by atoms with van der Waals surface area (Å²) < 4.78 is 0. The van der Waals surface area contributed by atoms with Gasteiger partial charge in [0.1, 0.15) is 17.4 Å². The Morgan fingerprint density at radius 2 is 1.90 bits per heavy atom. The number of pyridine rings is 1. The molecule has 1 aromatic carbocycles. The third kappa shape index (κ3) is 2.07. The van der Waals surface area contributed by atoms with E-state index in [0.717, 1.165) is 28.3 Å². The molecule has 0 unspecified atom stereocenters. The monoisotopic (exact) mass is 268 g/mol. The van der Waals surface area contributed by atoms with Crippen LogP contribution >= 0.6 is 0 Å². The lowest BCUT2D eigenvalue weighted by molar-refractivity contribution is 0.475. The van der Waals surface area contributed by atoms with E-state index in [2.05, 4.69) is 15.0 Å². The van der Waals surface area contributed by atoms with E-state index in [0.29, 0.717) is 5.65 Å². The largest absolute Gasteiger partial charge is 0.508 e. The van der Waals surface area contributed by atoms with E-state index in [9.17, 15) is 5.11 Å². The van der Waals surface area contributed by atoms with Crippen LogP contribution < -0.4 is 4.90 Å². The van der Waals surface area contributed by atoms with Crippen LogP contribution in [0.15, 0.2) is 30.3 Å². The lowest BCUT2D eigenvalue weighted by Gasteiger charge is -2.09. The molecule has 0 spiro atoms. The van der Waals surface area contributed by atoms with E-state index in [1.165, 1.54) is 0 Å². The Bertz CT molecular complexity index is 777. The molecule has 3 rings (SSSR count). The number of aryl methyl sites for hydroxylation is 1. The van der Waals surface area contributed by atoms with Crippen LogP contribution in [0.5, 0.6) is 5.75 Å². The van der Waals surface area contributed by atoms with Crippen molar-refractivity contribution in [1.29, 1.82) is 0 Å². The Morgan fingerprint density at radius 3 is 2.60 bits per heavy atom. The number of nitrogens with one attached hydrogen (secondary N) is 1. The maximum absolute atomic E-state index is 9.47. The van der Waals surface area contributed by atoms with Crippen LogP contribution in [0.4, 0.5) is 5.82 Å². The van der Waals surface area contributed by atoms with Gasteiger partial charge in [0.05, 0.1) is 5.52 Å². The molecule has 0 atom stereocenters. The van der Waals surface area contributed by atoms with E-state index in [-0.39, 0.29) is 5.75 Å². The molecule has 102 valence electrons. The number of hydrogen-bond donors (Lipinski definition) is 2. The average Bonchev–Trinajstić information content (AvgIpc) is 2.80. The highest BCUT2D eigenvalue weighted by Gasteiger charge is 2.10. The molecule has 2 heterocycles. The normalized spacial score (nSPS) is 10.9. The van der Waals surface area contributed by atoms with Gasteiger partial charge in [0, 0.05) is 19.7 Å². The second-order valence-corrected chi connectivity index (χ2v) is 5.02. The number of rotatable bonds is 2. The van der Waals surface area contributed by atoms with Crippen molar-refractivity contribution in [2.45, 2.75) is 6.92 Å². The lowest BCUT2D eigenvalue weighted by atomic mass is 10.1. The van der Waals surface area contributed by atoms with Crippen LogP contribution in [0.1, 0.15) is 5.56 Å². The van der Waals surface area contributed by atoms with Crippen molar-refractivity contribution in [2.24, 2.45) is 0 Å². The highest BCUT2D eigenvalue weighted by molar-refractivity contribution is 5.78. The summed E-state index contributed by atoms with van der Waals surface area (Å²) in [5, 5.41) is 9.47. The number of aromatic nitrogens is 3. The van der Waals surface area contributed by atoms with E-state index in [4.69, 9.17) is 0 Å². The van der Waals surface area contributed by atoms with Crippen LogP contribution in [-0.4, -0.2) is 34.2 Å². The van der Waals surface area contributed by atoms with Gasteiger partial charge >= 0.3 is 0 Å². The Morgan fingerprint density at radius 1 is 1.10 bits per heavy atom. The third-order valence-corrected chi connectivity index (χ3v) is 3.25. The second-order valence-electron chi connectivity index (χ2n) is 5.02. The molecule has 2 aromatic heterocycles. The van der Waals surface area contributed by atoms with Gasteiger partial charge in [0.25, 0.3) is 0 Å². The first-order chi connectivity index (χ1) is 9.54. The van der Waals surface area contributed by atoms with Gasteiger partial charge in [-0.1, -0.05) is 0 Å². The molecular weight excluding hydrogens is 252 g/mol. The number of imidazole rings is 1. The fraction of sp³-hybridized carbons (Fsp3) is 0.200. The second kappa shape index (κ2) is 4.52. The van der Waals surface area contributed by atoms with E-state index >= 15 is 0 Å². The minimum absolute atomic E-state index is 0.260. The van der Waals surface area contributed by atoms with Gasteiger partial charge in [-0.3, -0.25) is 0 Å². The van der Waals surface area contributed by atoms with Gasteiger partial charge in [-0.05, 0) is 42.8 Å². The molecule has 0 amide bonds. The van der Waals surface area contributed by atoms with Crippen LogP contribution in [-0.2, 0) is 0 Å². The van der Waals surface area contributed by atoms with Crippen molar-refractivity contribution in [3.8, 4) is 17.1 Å². The Labute approximate surface area is 116 Å². The SMILES string of the molecule is Cc1cc(O)ccc1-c1nc2nc(N(C)C)ccc2[nH]1. The fourth-order valence-corrected chi connectivity index (χ4v) is 2.17. The number of fused-ring (bicyclic) bond motifs is 1. The molecule has 2 N–H and O–H groups in total. The first-order valence-electron chi connectivity index (χ1n) is 6.38. The van der Waals surface area contributed by atoms with Crippen LogP contribution in [0.3, 0.4) is 0 Å². The molecule has 0 saturated heterocycles. The molecule has 5 heteroatoms. The number of nitrogens with zero attached hydrogens (tertiary/aromatic N) is 3. The summed E-state index contributed by atoms with van der Waals surface area (Å²) >= 11 is 0. The zero-order valence-electron chi connectivity index (χ0n) is 11.7. The first kappa shape index (κ1) is 12.5. The molecule has 0 saturated carbocycles. The molecule has 0 radical (unpaired) electrons. The number of aromatic amines is 1. The van der Waals surface area contributed by atoms with Gasteiger partial charge in [0.2, 0.25) is 0 Å². The minimum atomic E-state index is 0.260. The molecule has 0 bridgehead atoms. The number of aromatic hydroxyl groups is 1. The highest BCUT2D eigenvalue weighted by atomic mass is 16.3. The minimum Gasteiger partial charge on any atom is -0.508 e. The molecule has 0 aliphatic heterocycles. The van der Waals surface area contributed by atoms with Gasteiger partial charge in [-0.25, -0.2) is 9.97 Å². The van der Waals surface area contributed by atoms with Crippen LogP contribution in [0.25, 0.3) is 22.6 Å². The van der Waals surface area contributed by atoms with Gasteiger partial charge < -0.3 is 15.0 Å². The van der Waals surface area contributed by atoms with E-state index in [1.54, 1.807) is 12.1 Å². The quantitative estimate of drug-likeness (QED) is 0.750. The van der Waals surface area contributed by atoms with Gasteiger partial charge in [-0.2, -0.15) is 0 Å². The number of phenolic OH excluding ortho intramolecular Hbond substituents is 1. The van der Waals surface area contributed by atoms with Crippen molar-refractivity contribution in [1.82, 2.24) is 15.0 Å². The number of benzene rings is 1. The smallest absolute Gasteiger partial charge is 0.180 e. The highest BCUT2D eigenvalue weighted by Crippen LogP contribution is 2.26. The lowest BCUT2D eigenvalue weighted by Crippen LogP contribution is -2.10. The van der Waals surface area contributed by atoms with Crippen molar-refractivity contribution >= 4 is 17.0 Å². The molecule has 0 aliphatic rings. The zero-order valence-corrected chi connectivity index (χ0v) is 11.7. The summed E-state index contributed by atoms with van der Waals surface area (Å²) in [6, 6.07) is 9.17. The summed E-state index contributed by atoms with van der Waals surface area (Å²) in [5.74, 6) is 1.90. The summed E-state index contributed by atoms with van der Waals surface area (Å²) in [7, 11) is 3.90. The predicted octanol–water partition coefficient (Wildman–Crippen LogP) is 2.70. The van der Waals surface area contributed by atoms with E-state index in [1.807, 2.05) is 44.1 Å². The molecule has 0 fully saturated rings. The van der Waals surface area contributed by atoms with Crippen molar-refractivity contribution in [3.05, 3.63) is 35.9 Å². The average molecular weight is 268 g/mol. The predicted molar refractivity (Wildman–Crippen MR) is 80.1 cm³/mol. The first-order valence-corrected chi connectivity index (χ1v) is 6.38. The van der Waals surface area contributed by atoms with Crippen molar-refractivity contribution in [3.63, 3.8) is 0 Å². The maximum Gasteiger partial charge on any atom is 0.180 e. The molecule has 3 aromatic rings. The number of anilines is 1. The zero-order chi connectivity index (χ0) is 14.3. The van der Waals surface area contributed by atoms with Crippen LogP contribution in [0, 0.1) is 6.92 Å². The van der Waals surface area contributed by atoms with Crippen LogP contribution in [0.2, 0.25) is 0 Å². The summed E-state index contributed by atoms with van der Waals surface area (Å²) in [4.78, 5) is 14.3. The number of hydrogen-bond acceptors (Lipinski definition) is 4. The number of phenols is 1. The fourth-order valence-electron chi connectivity index (χ4n) is 2.17. The Hall–Kier alpha value is -2.56. The van der Waals surface area contributed by atoms with Crippen molar-refractivity contribution in [2.75, 3.05) is 19.0 Å². The Kier molecular flexibility index (Phi) is 2.82. The molecular formula is C15H16N4O.